The van der Waals surface area contributed by atoms with Gasteiger partial charge >= 0.3 is 0 Å². The fraction of sp³-hybridized carbons (Fsp3) is 0.706. The van der Waals surface area contributed by atoms with E-state index in [0.29, 0.717) is 12.0 Å². The number of aryl methyl sites for hydroxylation is 1. The zero-order chi connectivity index (χ0) is 15.1. The Labute approximate surface area is 124 Å². The lowest BCUT2D eigenvalue weighted by atomic mass is 10.1. The van der Waals surface area contributed by atoms with Gasteiger partial charge in [-0.15, -0.1) is 0 Å². The number of pyridine rings is 1. The standard InChI is InChI=1S/C17H30N2O/c1-6-15-9-14(12-20)10-17(18-15)19(11-13(4)5)16(7-2)8-3/h9-10,13,16,20H,6-8,11-12H2,1-5H3. The van der Waals surface area contributed by atoms with Gasteiger partial charge in [-0.25, -0.2) is 4.98 Å². The summed E-state index contributed by atoms with van der Waals surface area (Å²) in [5, 5.41) is 9.45. The van der Waals surface area contributed by atoms with Crippen molar-refractivity contribution in [3.8, 4) is 0 Å². The molecular formula is C17H30N2O. The van der Waals surface area contributed by atoms with Gasteiger partial charge < -0.3 is 10.0 Å². The molecule has 0 aliphatic heterocycles. The molecule has 1 rings (SSSR count). The summed E-state index contributed by atoms with van der Waals surface area (Å²) >= 11 is 0. The maximum atomic E-state index is 9.45. The van der Waals surface area contributed by atoms with Crippen LogP contribution in [0.15, 0.2) is 12.1 Å². The van der Waals surface area contributed by atoms with Crippen LogP contribution in [-0.2, 0) is 13.0 Å². The predicted octanol–water partition coefficient (Wildman–Crippen LogP) is 3.79. The van der Waals surface area contributed by atoms with Gasteiger partial charge in [0.2, 0.25) is 0 Å². The summed E-state index contributed by atoms with van der Waals surface area (Å²) in [7, 11) is 0. The average Bonchev–Trinajstić information content (AvgIpc) is 2.46. The maximum absolute atomic E-state index is 9.45. The summed E-state index contributed by atoms with van der Waals surface area (Å²) in [4.78, 5) is 7.20. The first-order valence-electron chi connectivity index (χ1n) is 7.92. The van der Waals surface area contributed by atoms with E-state index in [0.717, 1.165) is 42.9 Å². The summed E-state index contributed by atoms with van der Waals surface area (Å²) in [6.07, 6.45) is 3.14. The number of aromatic nitrogens is 1. The topological polar surface area (TPSA) is 36.4 Å². The van der Waals surface area contributed by atoms with Crippen LogP contribution in [0.3, 0.4) is 0 Å². The molecule has 0 saturated heterocycles. The molecule has 3 nitrogen and oxygen atoms in total. The summed E-state index contributed by atoms with van der Waals surface area (Å²) in [5.41, 5.74) is 2.03. The first kappa shape index (κ1) is 17.0. The minimum atomic E-state index is 0.0843. The molecule has 1 heterocycles. The van der Waals surface area contributed by atoms with E-state index in [-0.39, 0.29) is 6.61 Å². The van der Waals surface area contributed by atoms with Crippen LogP contribution < -0.4 is 4.90 Å². The molecule has 114 valence electrons. The van der Waals surface area contributed by atoms with E-state index in [1.165, 1.54) is 0 Å². The van der Waals surface area contributed by atoms with Crippen molar-refractivity contribution in [2.24, 2.45) is 5.92 Å². The van der Waals surface area contributed by atoms with Crippen LogP contribution in [0.5, 0.6) is 0 Å². The second-order valence-electron chi connectivity index (χ2n) is 5.85. The van der Waals surface area contributed by atoms with Crippen molar-refractivity contribution in [3.05, 3.63) is 23.4 Å². The highest BCUT2D eigenvalue weighted by Gasteiger charge is 2.19. The molecule has 0 unspecified atom stereocenters. The summed E-state index contributed by atoms with van der Waals surface area (Å²) in [6, 6.07) is 4.56. The minimum absolute atomic E-state index is 0.0843. The molecule has 0 fully saturated rings. The van der Waals surface area contributed by atoms with Crippen LogP contribution in [0.4, 0.5) is 5.82 Å². The van der Waals surface area contributed by atoms with Gasteiger partial charge in [0.1, 0.15) is 5.82 Å². The van der Waals surface area contributed by atoms with Gasteiger partial charge in [-0.2, -0.15) is 0 Å². The Bertz CT molecular complexity index is 378. The van der Waals surface area contributed by atoms with Crippen LogP contribution in [0.1, 0.15) is 58.7 Å². The Kier molecular flexibility index (Phi) is 7.00. The lowest BCUT2D eigenvalue weighted by Crippen LogP contribution is -2.38. The molecule has 0 spiro atoms. The van der Waals surface area contributed by atoms with Gasteiger partial charge in [-0.05, 0) is 42.9 Å². The molecule has 0 aliphatic carbocycles. The number of aliphatic hydroxyl groups excluding tert-OH is 1. The van der Waals surface area contributed by atoms with Gasteiger partial charge in [-0.3, -0.25) is 0 Å². The summed E-state index contributed by atoms with van der Waals surface area (Å²) in [6.45, 7) is 12.2. The highest BCUT2D eigenvalue weighted by molar-refractivity contribution is 5.44. The highest BCUT2D eigenvalue weighted by Crippen LogP contribution is 2.22. The van der Waals surface area contributed by atoms with Gasteiger partial charge in [0, 0.05) is 18.3 Å². The maximum Gasteiger partial charge on any atom is 0.129 e. The number of hydrogen-bond donors (Lipinski definition) is 1. The van der Waals surface area contributed by atoms with E-state index in [1.54, 1.807) is 0 Å². The molecular weight excluding hydrogens is 248 g/mol. The van der Waals surface area contributed by atoms with Crippen molar-refractivity contribution in [1.82, 2.24) is 4.98 Å². The van der Waals surface area contributed by atoms with Crippen molar-refractivity contribution in [1.29, 1.82) is 0 Å². The van der Waals surface area contributed by atoms with Crippen LogP contribution >= 0.6 is 0 Å². The smallest absolute Gasteiger partial charge is 0.129 e. The zero-order valence-electron chi connectivity index (χ0n) is 13.7. The Morgan fingerprint density at radius 2 is 1.80 bits per heavy atom. The first-order chi connectivity index (χ1) is 9.55. The number of aliphatic hydroxyl groups is 1. The Morgan fingerprint density at radius 3 is 2.25 bits per heavy atom. The minimum Gasteiger partial charge on any atom is -0.392 e. The van der Waals surface area contributed by atoms with Crippen LogP contribution in [0.2, 0.25) is 0 Å². The van der Waals surface area contributed by atoms with Gasteiger partial charge in [0.05, 0.1) is 6.61 Å². The highest BCUT2D eigenvalue weighted by atomic mass is 16.3. The van der Waals surface area contributed by atoms with Gasteiger partial charge in [0.15, 0.2) is 0 Å². The van der Waals surface area contributed by atoms with E-state index in [9.17, 15) is 5.11 Å². The third-order valence-electron chi connectivity index (χ3n) is 3.71. The fourth-order valence-corrected chi connectivity index (χ4v) is 2.61. The normalized spacial score (nSPS) is 11.4. The second kappa shape index (κ2) is 8.25. The molecule has 0 aromatic carbocycles. The van der Waals surface area contributed by atoms with Crippen LogP contribution in [-0.4, -0.2) is 22.7 Å². The SMILES string of the molecule is CCc1cc(CO)cc(N(CC(C)C)C(CC)CC)n1. The van der Waals surface area contributed by atoms with E-state index < -0.39 is 0 Å². The number of anilines is 1. The molecule has 0 radical (unpaired) electrons. The van der Waals surface area contributed by atoms with Gasteiger partial charge in [0.25, 0.3) is 0 Å². The molecule has 3 heteroatoms. The van der Waals surface area contributed by atoms with E-state index in [2.05, 4.69) is 39.5 Å². The zero-order valence-corrected chi connectivity index (χ0v) is 13.7. The molecule has 1 aromatic heterocycles. The Morgan fingerprint density at radius 1 is 1.15 bits per heavy atom. The quantitative estimate of drug-likeness (QED) is 0.786. The molecule has 1 aromatic rings. The van der Waals surface area contributed by atoms with E-state index in [1.807, 2.05) is 12.1 Å². The van der Waals surface area contributed by atoms with Crippen molar-refractivity contribution in [2.45, 2.75) is 66.5 Å². The lowest BCUT2D eigenvalue weighted by Gasteiger charge is -2.33. The first-order valence-corrected chi connectivity index (χ1v) is 7.92. The number of hydrogen-bond acceptors (Lipinski definition) is 3. The van der Waals surface area contributed by atoms with Crippen molar-refractivity contribution < 1.29 is 5.11 Å². The van der Waals surface area contributed by atoms with E-state index in [4.69, 9.17) is 4.98 Å². The Hall–Kier alpha value is -1.09. The van der Waals surface area contributed by atoms with Crippen molar-refractivity contribution in [2.75, 3.05) is 11.4 Å². The number of nitrogens with zero attached hydrogens (tertiary/aromatic N) is 2. The molecule has 0 aliphatic rings. The Balaban J connectivity index is 3.17. The summed E-state index contributed by atoms with van der Waals surface area (Å²) < 4.78 is 0. The van der Waals surface area contributed by atoms with Crippen LogP contribution in [0.25, 0.3) is 0 Å². The average molecular weight is 278 g/mol. The molecule has 0 saturated carbocycles. The van der Waals surface area contributed by atoms with Crippen molar-refractivity contribution in [3.63, 3.8) is 0 Å². The third kappa shape index (κ3) is 4.48. The molecule has 0 bridgehead atoms. The number of rotatable bonds is 8. The molecule has 0 atom stereocenters. The van der Waals surface area contributed by atoms with Crippen molar-refractivity contribution >= 4 is 5.82 Å². The van der Waals surface area contributed by atoms with Gasteiger partial charge in [-0.1, -0.05) is 34.6 Å². The largest absolute Gasteiger partial charge is 0.392 e. The van der Waals surface area contributed by atoms with E-state index >= 15 is 0 Å². The molecule has 1 N–H and O–H groups in total. The second-order valence-corrected chi connectivity index (χ2v) is 5.85. The monoisotopic (exact) mass is 278 g/mol. The van der Waals surface area contributed by atoms with Crippen LogP contribution in [0, 0.1) is 5.92 Å². The predicted molar refractivity (Wildman–Crippen MR) is 86.1 cm³/mol. The fourth-order valence-electron chi connectivity index (χ4n) is 2.61. The third-order valence-corrected chi connectivity index (χ3v) is 3.71. The molecule has 0 amide bonds. The summed E-state index contributed by atoms with van der Waals surface area (Å²) in [5.74, 6) is 1.62. The lowest BCUT2D eigenvalue weighted by molar-refractivity contribution is 0.281. The molecule has 20 heavy (non-hydrogen) atoms.